The van der Waals surface area contributed by atoms with Crippen molar-refractivity contribution in [2.75, 3.05) is 0 Å². The number of hydrogen-bond acceptors (Lipinski definition) is 0. The van der Waals surface area contributed by atoms with Crippen LogP contribution in [0.2, 0.25) is 0 Å². The normalized spacial score (nSPS) is 22.1. The first-order chi connectivity index (χ1) is 11.2. The maximum Gasteiger partial charge on any atom is -0.00745 e. The topological polar surface area (TPSA) is 0 Å². The van der Waals surface area contributed by atoms with E-state index in [1.54, 1.807) is 0 Å². The fourth-order valence-corrected chi connectivity index (χ4v) is 4.19. The molecule has 0 N–H and O–H groups in total. The van der Waals surface area contributed by atoms with Gasteiger partial charge in [0, 0.05) is 0 Å². The predicted octanol–water partition coefficient (Wildman–Crippen LogP) is 6.84. The zero-order valence-electron chi connectivity index (χ0n) is 16.0. The van der Waals surface area contributed by atoms with Crippen LogP contribution in [0.1, 0.15) is 70.2 Å². The highest BCUT2D eigenvalue weighted by atomic mass is 14.5. The summed E-state index contributed by atoms with van der Waals surface area (Å²) < 4.78 is 0. The molecule has 0 fully saturated rings. The molecule has 24 heavy (non-hydrogen) atoms. The molecule has 126 valence electrons. The summed E-state index contributed by atoms with van der Waals surface area (Å²) in [5, 5.41) is 0. The van der Waals surface area contributed by atoms with E-state index < -0.39 is 0 Å². The van der Waals surface area contributed by atoms with Crippen LogP contribution in [0.5, 0.6) is 0 Å². The molecule has 1 aliphatic rings. The van der Waals surface area contributed by atoms with Crippen LogP contribution in [0.25, 0.3) is 11.6 Å². The lowest BCUT2D eigenvalue weighted by molar-refractivity contribution is 0.233. The fraction of sp³-hybridized carbons (Fsp3) is 0.417. The average Bonchev–Trinajstić information content (AvgIpc) is 2.53. The average molecular weight is 319 g/mol. The van der Waals surface area contributed by atoms with Crippen molar-refractivity contribution in [1.82, 2.24) is 0 Å². The van der Waals surface area contributed by atoms with Crippen molar-refractivity contribution in [3.8, 4) is 0 Å². The standard InChI is InChI=1S/C24H30/c1-17(14-19-10-8-7-9-11-19)20-12-13-21-22(15-20)24(5,6)18(2)16-23(21,3)4/h7-15,18H,16H2,1-6H3. The van der Waals surface area contributed by atoms with Crippen LogP contribution in [-0.2, 0) is 10.8 Å². The first-order valence-electron chi connectivity index (χ1n) is 9.10. The molecule has 0 saturated carbocycles. The van der Waals surface area contributed by atoms with E-state index in [0.29, 0.717) is 5.92 Å². The third-order valence-electron chi connectivity index (χ3n) is 6.13. The van der Waals surface area contributed by atoms with E-state index >= 15 is 0 Å². The second kappa shape index (κ2) is 5.92. The van der Waals surface area contributed by atoms with Crippen molar-refractivity contribution in [2.24, 2.45) is 5.92 Å². The molecule has 0 spiro atoms. The van der Waals surface area contributed by atoms with E-state index in [-0.39, 0.29) is 10.8 Å². The molecule has 0 aliphatic heterocycles. The molecular weight excluding hydrogens is 288 g/mol. The highest BCUT2D eigenvalue weighted by Gasteiger charge is 2.41. The Hall–Kier alpha value is -1.82. The summed E-state index contributed by atoms with van der Waals surface area (Å²) in [6.45, 7) is 14.2. The second-order valence-electron chi connectivity index (χ2n) is 8.71. The highest BCUT2D eigenvalue weighted by molar-refractivity contribution is 5.80. The van der Waals surface area contributed by atoms with Gasteiger partial charge in [0.05, 0.1) is 0 Å². The molecule has 0 aromatic heterocycles. The van der Waals surface area contributed by atoms with Crippen molar-refractivity contribution < 1.29 is 0 Å². The SMILES string of the molecule is CC(=Cc1ccccc1)c1ccc2c(c1)C(C)(C)C(C)CC2(C)C. The van der Waals surface area contributed by atoms with E-state index in [2.05, 4.69) is 96.1 Å². The Kier molecular flexibility index (Phi) is 4.20. The van der Waals surface area contributed by atoms with Crippen LogP contribution >= 0.6 is 0 Å². The molecule has 1 unspecified atom stereocenters. The van der Waals surface area contributed by atoms with Gasteiger partial charge in [0.2, 0.25) is 0 Å². The van der Waals surface area contributed by atoms with Gasteiger partial charge in [0.15, 0.2) is 0 Å². The van der Waals surface area contributed by atoms with E-state index in [1.807, 2.05) is 0 Å². The fourth-order valence-electron chi connectivity index (χ4n) is 4.19. The molecule has 0 saturated heterocycles. The zero-order valence-corrected chi connectivity index (χ0v) is 16.0. The van der Waals surface area contributed by atoms with E-state index in [1.165, 1.54) is 34.2 Å². The molecule has 2 aromatic carbocycles. The quantitative estimate of drug-likeness (QED) is 0.532. The minimum atomic E-state index is 0.230. The highest BCUT2D eigenvalue weighted by Crippen LogP contribution is 2.49. The Bertz CT molecular complexity index is 760. The maximum atomic E-state index is 2.45. The van der Waals surface area contributed by atoms with Gasteiger partial charge >= 0.3 is 0 Å². The number of benzene rings is 2. The summed E-state index contributed by atoms with van der Waals surface area (Å²) in [7, 11) is 0. The number of hydrogen-bond donors (Lipinski definition) is 0. The largest absolute Gasteiger partial charge is 0.0622 e. The Morgan fingerprint density at radius 3 is 2.29 bits per heavy atom. The second-order valence-corrected chi connectivity index (χ2v) is 8.71. The van der Waals surface area contributed by atoms with Crippen LogP contribution in [0, 0.1) is 5.92 Å². The maximum absolute atomic E-state index is 2.45. The van der Waals surface area contributed by atoms with Crippen LogP contribution in [-0.4, -0.2) is 0 Å². The zero-order chi connectivity index (χ0) is 17.5. The lowest BCUT2D eigenvalue weighted by atomic mass is 9.58. The molecule has 0 nitrogen and oxygen atoms in total. The minimum Gasteiger partial charge on any atom is -0.0622 e. The van der Waals surface area contributed by atoms with Gasteiger partial charge in [-0.05, 0) is 57.9 Å². The summed E-state index contributed by atoms with van der Waals surface area (Å²) in [5.41, 5.74) is 7.49. The lowest BCUT2D eigenvalue weighted by Gasteiger charge is -2.46. The first kappa shape index (κ1) is 17.0. The Morgan fingerprint density at radius 1 is 0.958 bits per heavy atom. The predicted molar refractivity (Wildman–Crippen MR) is 106 cm³/mol. The molecule has 1 atom stereocenters. The molecule has 2 aromatic rings. The molecule has 0 heterocycles. The molecule has 1 aliphatic carbocycles. The number of allylic oxidation sites excluding steroid dienone is 1. The minimum absolute atomic E-state index is 0.230. The molecule has 0 amide bonds. The Labute approximate surface area is 147 Å². The van der Waals surface area contributed by atoms with Crippen molar-refractivity contribution in [2.45, 2.75) is 58.8 Å². The van der Waals surface area contributed by atoms with Crippen molar-refractivity contribution >= 4 is 11.6 Å². The summed E-state index contributed by atoms with van der Waals surface area (Å²) >= 11 is 0. The summed E-state index contributed by atoms with van der Waals surface area (Å²) in [5.74, 6) is 0.689. The lowest BCUT2D eigenvalue weighted by Crippen LogP contribution is -2.40. The van der Waals surface area contributed by atoms with Crippen LogP contribution in [0.3, 0.4) is 0 Å². The van der Waals surface area contributed by atoms with Gasteiger partial charge in [-0.2, -0.15) is 0 Å². The number of rotatable bonds is 2. The van der Waals surface area contributed by atoms with Crippen molar-refractivity contribution in [3.63, 3.8) is 0 Å². The first-order valence-corrected chi connectivity index (χ1v) is 9.10. The molecular formula is C24H30. The van der Waals surface area contributed by atoms with Crippen molar-refractivity contribution in [1.29, 1.82) is 0 Å². The Morgan fingerprint density at radius 2 is 1.62 bits per heavy atom. The van der Waals surface area contributed by atoms with Crippen LogP contribution in [0.15, 0.2) is 48.5 Å². The van der Waals surface area contributed by atoms with Gasteiger partial charge in [0.1, 0.15) is 0 Å². The van der Waals surface area contributed by atoms with Gasteiger partial charge in [-0.15, -0.1) is 0 Å². The van der Waals surface area contributed by atoms with Crippen molar-refractivity contribution in [3.05, 3.63) is 70.8 Å². The third kappa shape index (κ3) is 2.95. The van der Waals surface area contributed by atoms with Gasteiger partial charge in [-0.25, -0.2) is 0 Å². The van der Waals surface area contributed by atoms with Crippen LogP contribution < -0.4 is 0 Å². The van der Waals surface area contributed by atoms with Gasteiger partial charge in [-0.3, -0.25) is 0 Å². The molecule has 0 radical (unpaired) electrons. The van der Waals surface area contributed by atoms with E-state index in [9.17, 15) is 0 Å². The monoisotopic (exact) mass is 318 g/mol. The van der Waals surface area contributed by atoms with Gasteiger partial charge in [0.25, 0.3) is 0 Å². The van der Waals surface area contributed by atoms with Gasteiger partial charge < -0.3 is 0 Å². The summed E-state index contributed by atoms with van der Waals surface area (Å²) in [4.78, 5) is 0. The van der Waals surface area contributed by atoms with E-state index in [0.717, 1.165) is 0 Å². The van der Waals surface area contributed by atoms with E-state index in [4.69, 9.17) is 0 Å². The molecule has 3 rings (SSSR count). The smallest absolute Gasteiger partial charge is 0.00745 e. The number of fused-ring (bicyclic) bond motifs is 1. The van der Waals surface area contributed by atoms with Crippen LogP contribution in [0.4, 0.5) is 0 Å². The summed E-state index contributed by atoms with van der Waals surface area (Å²) in [6.07, 6.45) is 3.54. The molecule has 0 heteroatoms. The molecule has 0 bridgehead atoms. The van der Waals surface area contributed by atoms with Gasteiger partial charge in [-0.1, -0.05) is 89.2 Å². The third-order valence-corrected chi connectivity index (χ3v) is 6.13. The summed E-state index contributed by atoms with van der Waals surface area (Å²) in [6, 6.07) is 17.7. The Balaban J connectivity index is 2.08.